The van der Waals surface area contributed by atoms with Crippen LogP contribution in [0.1, 0.15) is 11.7 Å². The van der Waals surface area contributed by atoms with E-state index in [1.54, 1.807) is 0 Å². The standard InChI is InChI=1S/C31H24N2/c1-3-9-22(10-4-1)24-13-7-14-25(17-24)26-15-8-16-27(18-26)29-19-28(23-11-5-2-6-12-23)20-30(21-29)31-32-33-31/h1-21,31-33H. The number of hydrogen-bond donors (Lipinski definition) is 2. The molecule has 0 aliphatic carbocycles. The van der Waals surface area contributed by atoms with Gasteiger partial charge in [-0.2, -0.15) is 0 Å². The zero-order valence-corrected chi connectivity index (χ0v) is 18.2. The highest BCUT2D eigenvalue weighted by Gasteiger charge is 2.22. The van der Waals surface area contributed by atoms with Crippen LogP contribution in [-0.2, 0) is 0 Å². The van der Waals surface area contributed by atoms with E-state index in [0.29, 0.717) is 0 Å². The minimum absolute atomic E-state index is 0.221. The van der Waals surface area contributed by atoms with Gasteiger partial charge in [-0.15, -0.1) is 0 Å². The molecule has 0 amide bonds. The molecule has 1 fully saturated rings. The van der Waals surface area contributed by atoms with Crippen LogP contribution in [0.15, 0.2) is 127 Å². The first-order valence-electron chi connectivity index (χ1n) is 11.3. The Morgan fingerprint density at radius 3 is 1.21 bits per heavy atom. The Bertz CT molecular complexity index is 1400. The second kappa shape index (κ2) is 8.51. The topological polar surface area (TPSA) is 43.9 Å². The Hall–Kier alpha value is -3.98. The molecule has 2 nitrogen and oxygen atoms in total. The molecule has 6 rings (SSSR count). The van der Waals surface area contributed by atoms with Crippen LogP contribution in [0.5, 0.6) is 0 Å². The van der Waals surface area contributed by atoms with Crippen LogP contribution in [0.4, 0.5) is 0 Å². The van der Waals surface area contributed by atoms with Crippen molar-refractivity contribution in [1.29, 1.82) is 0 Å². The second-order valence-corrected chi connectivity index (χ2v) is 8.46. The third kappa shape index (κ3) is 4.22. The van der Waals surface area contributed by atoms with Crippen molar-refractivity contribution in [3.63, 3.8) is 0 Å². The van der Waals surface area contributed by atoms with Crippen molar-refractivity contribution < 1.29 is 0 Å². The largest absolute Gasteiger partial charge is 0.234 e. The molecule has 0 saturated carbocycles. The third-order valence-corrected chi connectivity index (χ3v) is 6.18. The molecule has 0 unspecified atom stereocenters. The molecule has 5 aromatic carbocycles. The van der Waals surface area contributed by atoms with E-state index in [2.05, 4.69) is 138 Å². The molecule has 0 radical (unpaired) electrons. The van der Waals surface area contributed by atoms with Gasteiger partial charge in [0.25, 0.3) is 0 Å². The summed E-state index contributed by atoms with van der Waals surface area (Å²) in [6, 6.07) is 45.6. The fourth-order valence-corrected chi connectivity index (χ4v) is 4.38. The third-order valence-electron chi connectivity index (χ3n) is 6.18. The van der Waals surface area contributed by atoms with Crippen LogP contribution >= 0.6 is 0 Å². The van der Waals surface area contributed by atoms with Crippen LogP contribution in [0, 0.1) is 0 Å². The van der Waals surface area contributed by atoms with E-state index in [0.717, 1.165) is 0 Å². The van der Waals surface area contributed by atoms with Crippen molar-refractivity contribution in [3.8, 4) is 44.5 Å². The molecule has 0 bridgehead atoms. The van der Waals surface area contributed by atoms with Gasteiger partial charge in [-0.3, -0.25) is 0 Å². The minimum atomic E-state index is 0.221. The summed E-state index contributed by atoms with van der Waals surface area (Å²) >= 11 is 0. The van der Waals surface area contributed by atoms with E-state index >= 15 is 0 Å². The Kier molecular flexibility index (Phi) is 5.08. The summed E-state index contributed by atoms with van der Waals surface area (Å²) < 4.78 is 0. The van der Waals surface area contributed by atoms with E-state index in [1.165, 1.54) is 50.1 Å². The van der Waals surface area contributed by atoms with Crippen molar-refractivity contribution in [1.82, 2.24) is 10.9 Å². The summed E-state index contributed by atoms with van der Waals surface area (Å²) in [4.78, 5) is 0. The maximum atomic E-state index is 3.22. The Morgan fingerprint density at radius 1 is 0.333 bits per heavy atom. The molecule has 1 saturated heterocycles. The molecular weight excluding hydrogens is 400 g/mol. The van der Waals surface area contributed by atoms with E-state index in [4.69, 9.17) is 0 Å². The number of hydrazine groups is 1. The zero-order valence-electron chi connectivity index (χ0n) is 18.2. The van der Waals surface area contributed by atoms with Crippen LogP contribution in [-0.4, -0.2) is 0 Å². The van der Waals surface area contributed by atoms with E-state index in [9.17, 15) is 0 Å². The van der Waals surface area contributed by atoms with Crippen molar-refractivity contribution in [2.24, 2.45) is 0 Å². The average Bonchev–Trinajstić information content (AvgIpc) is 3.76. The molecule has 158 valence electrons. The van der Waals surface area contributed by atoms with Gasteiger partial charge in [0.15, 0.2) is 0 Å². The predicted molar refractivity (Wildman–Crippen MR) is 137 cm³/mol. The fraction of sp³-hybridized carbons (Fsp3) is 0.0323. The average molecular weight is 425 g/mol. The first-order chi connectivity index (χ1) is 16.3. The number of nitrogens with one attached hydrogen (secondary N) is 2. The highest BCUT2D eigenvalue weighted by molar-refractivity contribution is 5.79. The highest BCUT2D eigenvalue weighted by atomic mass is 15.6. The molecule has 1 aliphatic heterocycles. The van der Waals surface area contributed by atoms with Gasteiger partial charge in [0.2, 0.25) is 0 Å². The number of benzene rings is 5. The minimum Gasteiger partial charge on any atom is -0.234 e. The quantitative estimate of drug-likeness (QED) is 0.288. The van der Waals surface area contributed by atoms with Crippen molar-refractivity contribution in [3.05, 3.63) is 133 Å². The van der Waals surface area contributed by atoms with Crippen LogP contribution in [0.2, 0.25) is 0 Å². The van der Waals surface area contributed by atoms with Gasteiger partial charge in [-0.05, 0) is 80.4 Å². The zero-order chi connectivity index (χ0) is 22.0. The number of rotatable bonds is 5. The summed E-state index contributed by atoms with van der Waals surface area (Å²) in [5, 5.41) is 0. The van der Waals surface area contributed by atoms with Gasteiger partial charge in [0.05, 0.1) is 0 Å². The van der Waals surface area contributed by atoms with Crippen LogP contribution in [0.3, 0.4) is 0 Å². The van der Waals surface area contributed by atoms with E-state index < -0.39 is 0 Å². The van der Waals surface area contributed by atoms with Gasteiger partial charge >= 0.3 is 0 Å². The summed E-state index contributed by atoms with van der Waals surface area (Å²) in [5.74, 6) is 0. The molecule has 33 heavy (non-hydrogen) atoms. The lowest BCUT2D eigenvalue weighted by Gasteiger charge is -2.12. The molecule has 1 aliphatic rings. The lowest BCUT2D eigenvalue weighted by Crippen LogP contribution is -1.90. The van der Waals surface area contributed by atoms with E-state index in [-0.39, 0.29) is 6.17 Å². The van der Waals surface area contributed by atoms with Gasteiger partial charge in [-0.25, -0.2) is 10.9 Å². The molecule has 0 atom stereocenters. The Morgan fingerprint density at radius 2 is 0.697 bits per heavy atom. The fourth-order valence-electron chi connectivity index (χ4n) is 4.38. The molecule has 0 spiro atoms. The number of hydrogen-bond acceptors (Lipinski definition) is 2. The Balaban J connectivity index is 1.41. The van der Waals surface area contributed by atoms with Crippen molar-refractivity contribution in [2.45, 2.75) is 6.17 Å². The Labute approximate surface area is 194 Å². The van der Waals surface area contributed by atoms with Gasteiger partial charge in [0, 0.05) is 0 Å². The summed E-state index contributed by atoms with van der Waals surface area (Å²) in [6.45, 7) is 0. The maximum Gasteiger partial charge on any atom is 0.109 e. The van der Waals surface area contributed by atoms with Crippen molar-refractivity contribution >= 4 is 0 Å². The molecule has 0 aromatic heterocycles. The first-order valence-corrected chi connectivity index (χ1v) is 11.3. The summed E-state index contributed by atoms with van der Waals surface area (Å²) in [5.41, 5.74) is 17.5. The molecule has 1 heterocycles. The highest BCUT2D eigenvalue weighted by Crippen LogP contribution is 2.34. The van der Waals surface area contributed by atoms with Crippen LogP contribution in [0.25, 0.3) is 44.5 Å². The summed E-state index contributed by atoms with van der Waals surface area (Å²) in [7, 11) is 0. The van der Waals surface area contributed by atoms with Gasteiger partial charge < -0.3 is 0 Å². The van der Waals surface area contributed by atoms with Crippen LogP contribution < -0.4 is 10.9 Å². The van der Waals surface area contributed by atoms with Gasteiger partial charge in [0.1, 0.15) is 6.17 Å². The van der Waals surface area contributed by atoms with E-state index in [1.807, 2.05) is 0 Å². The second-order valence-electron chi connectivity index (χ2n) is 8.46. The maximum absolute atomic E-state index is 3.22. The lowest BCUT2D eigenvalue weighted by atomic mass is 9.93. The SMILES string of the molecule is c1ccc(-c2cccc(-c3cccc(-c4cc(-c5ccccc5)cc(C5NN5)c4)c3)c2)cc1. The normalized spacial score (nSPS) is 13.1. The molecule has 2 N–H and O–H groups in total. The lowest BCUT2D eigenvalue weighted by molar-refractivity contribution is 1.06. The first kappa shape index (κ1) is 19.7. The molecular formula is C31H24N2. The predicted octanol–water partition coefficient (Wildman–Crippen LogP) is 7.46. The monoisotopic (exact) mass is 424 g/mol. The van der Waals surface area contributed by atoms with Gasteiger partial charge in [-0.1, -0.05) is 97.1 Å². The molecule has 5 aromatic rings. The smallest absolute Gasteiger partial charge is 0.109 e. The van der Waals surface area contributed by atoms with Crippen molar-refractivity contribution in [2.75, 3.05) is 0 Å². The summed E-state index contributed by atoms with van der Waals surface area (Å²) in [6.07, 6.45) is 0.221. The molecule has 2 heteroatoms.